The van der Waals surface area contributed by atoms with Crippen LogP contribution in [0.15, 0.2) is 89.2 Å². The molecule has 3 N–H and O–H groups in total. The van der Waals surface area contributed by atoms with Crippen LogP contribution in [0.2, 0.25) is 0 Å². The summed E-state index contributed by atoms with van der Waals surface area (Å²) in [5, 5.41) is 20.8. The number of carbonyl (C=O) groups is 1. The van der Waals surface area contributed by atoms with Crippen molar-refractivity contribution in [3.05, 3.63) is 95.4 Å². The van der Waals surface area contributed by atoms with Crippen LogP contribution in [0.1, 0.15) is 24.0 Å². The van der Waals surface area contributed by atoms with E-state index >= 15 is 0 Å². The predicted octanol–water partition coefficient (Wildman–Crippen LogP) is 4.13. The van der Waals surface area contributed by atoms with Gasteiger partial charge in [0, 0.05) is 24.5 Å². The number of carbonyl (C=O) groups excluding carboxylic acids is 1. The van der Waals surface area contributed by atoms with Crippen LogP contribution in [-0.2, 0) is 4.79 Å². The monoisotopic (exact) mass is 454 g/mol. The van der Waals surface area contributed by atoms with E-state index in [0.29, 0.717) is 22.8 Å². The number of nitrogens with zero attached hydrogens (tertiary/aromatic N) is 2. The van der Waals surface area contributed by atoms with E-state index in [4.69, 9.17) is 9.47 Å². The highest BCUT2D eigenvalue weighted by Gasteiger charge is 2.38. The number of nitrogens with one attached hydrogen (secondary N) is 2. The first-order valence-corrected chi connectivity index (χ1v) is 10.7. The number of aromatic hydroxyl groups is 1. The quantitative estimate of drug-likeness (QED) is 0.547. The minimum atomic E-state index is -0.411. The number of amidine groups is 2. The van der Waals surface area contributed by atoms with Gasteiger partial charge in [0.05, 0.1) is 18.4 Å². The lowest BCUT2D eigenvalue weighted by Gasteiger charge is -2.32. The minimum Gasteiger partial charge on any atom is -0.508 e. The second-order valence-corrected chi connectivity index (χ2v) is 7.90. The van der Waals surface area contributed by atoms with Crippen LogP contribution in [0, 0.1) is 5.41 Å². The molecule has 0 radical (unpaired) electrons. The van der Waals surface area contributed by atoms with Gasteiger partial charge in [0.25, 0.3) is 0 Å². The lowest BCUT2D eigenvalue weighted by atomic mass is 9.82. The molecule has 0 saturated carbocycles. The van der Waals surface area contributed by atoms with Gasteiger partial charge in [-0.05, 0) is 35.9 Å². The molecule has 3 aromatic carbocycles. The Balaban J connectivity index is 1.72. The van der Waals surface area contributed by atoms with Crippen LogP contribution in [0.5, 0.6) is 17.2 Å². The fourth-order valence-electron chi connectivity index (χ4n) is 4.09. The van der Waals surface area contributed by atoms with E-state index in [1.807, 2.05) is 30.3 Å². The summed E-state index contributed by atoms with van der Waals surface area (Å²) in [4.78, 5) is 16.9. The largest absolute Gasteiger partial charge is 0.508 e. The van der Waals surface area contributed by atoms with E-state index in [0.717, 1.165) is 11.1 Å². The number of methoxy groups -OCH3 is 1. The molecular formula is C26H22N4O4. The summed E-state index contributed by atoms with van der Waals surface area (Å²) < 4.78 is 11.3. The predicted molar refractivity (Wildman–Crippen MR) is 128 cm³/mol. The average molecular weight is 454 g/mol. The number of ether oxygens (including phenoxy) is 2. The molecule has 0 aromatic heterocycles. The first-order valence-electron chi connectivity index (χ1n) is 10.7. The van der Waals surface area contributed by atoms with Crippen LogP contribution in [0.4, 0.5) is 5.69 Å². The van der Waals surface area contributed by atoms with Gasteiger partial charge in [-0.3, -0.25) is 15.6 Å². The number of aliphatic imine (C=N–C) groups is 1. The Kier molecular flexibility index (Phi) is 5.25. The smallest absolute Gasteiger partial charge is 0.229 e. The molecule has 170 valence electrons. The van der Waals surface area contributed by atoms with Crippen molar-refractivity contribution in [3.8, 4) is 17.2 Å². The maximum atomic E-state index is 12.4. The van der Waals surface area contributed by atoms with Crippen LogP contribution in [-0.4, -0.2) is 29.7 Å². The molecule has 8 heteroatoms. The number of anilines is 1. The zero-order valence-corrected chi connectivity index (χ0v) is 18.6. The first kappa shape index (κ1) is 21.3. The molecule has 0 spiro atoms. The van der Waals surface area contributed by atoms with Crippen LogP contribution >= 0.6 is 0 Å². The van der Waals surface area contributed by atoms with Crippen LogP contribution in [0.3, 0.4) is 0 Å². The number of Topliss-reactive ketones (excluding diaryl/α,β-unsaturated/α-hetero) is 1. The lowest BCUT2D eigenvalue weighted by Crippen LogP contribution is -2.48. The van der Waals surface area contributed by atoms with Gasteiger partial charge in [0.2, 0.25) is 5.88 Å². The van der Waals surface area contributed by atoms with Gasteiger partial charge in [-0.25, -0.2) is 5.01 Å². The molecule has 0 bridgehead atoms. The number of phenols is 1. The van der Waals surface area contributed by atoms with Gasteiger partial charge in [0.1, 0.15) is 17.2 Å². The second kappa shape index (κ2) is 8.40. The fourth-order valence-corrected chi connectivity index (χ4v) is 4.09. The van der Waals surface area contributed by atoms with E-state index in [1.165, 1.54) is 18.0 Å². The highest BCUT2D eigenvalue weighted by molar-refractivity contribution is 6.39. The summed E-state index contributed by atoms with van der Waals surface area (Å²) in [7, 11) is 1.58. The van der Waals surface area contributed by atoms with E-state index < -0.39 is 5.92 Å². The molecule has 0 fully saturated rings. The molecule has 0 amide bonds. The summed E-state index contributed by atoms with van der Waals surface area (Å²) in [6.45, 7) is 1.39. The number of benzene rings is 3. The normalized spacial score (nSPS) is 17.0. The third kappa shape index (κ3) is 3.65. The molecular weight excluding hydrogens is 432 g/mol. The van der Waals surface area contributed by atoms with E-state index in [-0.39, 0.29) is 29.1 Å². The van der Waals surface area contributed by atoms with Gasteiger partial charge >= 0.3 is 0 Å². The van der Waals surface area contributed by atoms with Crippen molar-refractivity contribution in [2.24, 2.45) is 4.99 Å². The zero-order chi connectivity index (χ0) is 23.8. The van der Waals surface area contributed by atoms with Gasteiger partial charge in [-0.2, -0.15) is 4.99 Å². The number of hydrogen-bond donors (Lipinski definition) is 3. The maximum absolute atomic E-state index is 12.4. The molecule has 0 saturated heterocycles. The number of hydrogen-bond acceptors (Lipinski definition) is 7. The summed E-state index contributed by atoms with van der Waals surface area (Å²) in [5.74, 6) is 0.644. The van der Waals surface area contributed by atoms with Crippen molar-refractivity contribution in [3.63, 3.8) is 0 Å². The SMILES string of the molecule is COc1ccc(N2NC(C(C)=O)=NC3=C(C2=N)C(c2ccccc2)c2ccc(O)cc2O3)cc1. The maximum Gasteiger partial charge on any atom is 0.229 e. The Hall–Kier alpha value is -4.59. The summed E-state index contributed by atoms with van der Waals surface area (Å²) >= 11 is 0. The Bertz CT molecular complexity index is 1350. The van der Waals surface area contributed by atoms with Crippen molar-refractivity contribution in [2.75, 3.05) is 12.1 Å². The van der Waals surface area contributed by atoms with Crippen LogP contribution in [0.25, 0.3) is 0 Å². The lowest BCUT2D eigenvalue weighted by molar-refractivity contribution is -0.111. The highest BCUT2D eigenvalue weighted by atomic mass is 16.5. The molecule has 2 aliphatic heterocycles. The van der Waals surface area contributed by atoms with Gasteiger partial charge in [-0.1, -0.05) is 36.4 Å². The number of phenolic OH excluding ortho intramolecular Hbond substituents is 1. The standard InChI is InChI=1S/C26H22N4O4/c1-15(31)25-28-26-23(24(27)30(29-25)17-8-11-19(33-2)12-9-17)22(16-6-4-3-5-7-16)20-13-10-18(32)14-21(20)34-26/h3-14,22,27,32H,1-2H3,(H,28,29). The van der Waals surface area contributed by atoms with Crippen molar-refractivity contribution in [1.29, 1.82) is 5.41 Å². The van der Waals surface area contributed by atoms with Crippen molar-refractivity contribution >= 4 is 23.1 Å². The molecule has 1 atom stereocenters. The van der Waals surface area contributed by atoms with Crippen molar-refractivity contribution in [2.45, 2.75) is 12.8 Å². The summed E-state index contributed by atoms with van der Waals surface area (Å²) in [5.41, 5.74) is 5.80. The second-order valence-electron chi connectivity index (χ2n) is 7.90. The van der Waals surface area contributed by atoms with Gasteiger partial charge in [0.15, 0.2) is 17.5 Å². The first-order chi connectivity index (χ1) is 16.5. The van der Waals surface area contributed by atoms with Gasteiger partial charge < -0.3 is 14.6 Å². The van der Waals surface area contributed by atoms with E-state index in [2.05, 4.69) is 10.4 Å². The van der Waals surface area contributed by atoms with Gasteiger partial charge in [-0.15, -0.1) is 0 Å². The molecule has 8 nitrogen and oxygen atoms in total. The molecule has 5 rings (SSSR count). The highest BCUT2D eigenvalue weighted by Crippen LogP contribution is 2.46. The Morgan fingerprint density at radius 2 is 1.85 bits per heavy atom. The minimum absolute atomic E-state index is 0.0287. The van der Waals surface area contributed by atoms with Crippen LogP contribution < -0.4 is 19.9 Å². The molecule has 0 aliphatic carbocycles. The third-order valence-corrected chi connectivity index (χ3v) is 5.74. The molecule has 2 aliphatic rings. The van der Waals surface area contributed by atoms with Crippen molar-refractivity contribution in [1.82, 2.24) is 5.43 Å². The summed E-state index contributed by atoms with van der Waals surface area (Å²) in [6, 6.07) is 21.7. The molecule has 2 heterocycles. The number of ketones is 1. The number of hydrazine groups is 1. The zero-order valence-electron chi connectivity index (χ0n) is 18.6. The topological polar surface area (TPSA) is 107 Å². The number of fused-ring (bicyclic) bond motifs is 1. The molecule has 3 aromatic rings. The third-order valence-electron chi connectivity index (χ3n) is 5.74. The fraction of sp³-hybridized carbons (Fsp3) is 0.115. The average Bonchev–Trinajstić information content (AvgIpc) is 2.99. The molecule has 1 unspecified atom stereocenters. The number of rotatable bonds is 4. The Labute approximate surface area is 196 Å². The van der Waals surface area contributed by atoms with Crippen molar-refractivity contribution < 1.29 is 19.4 Å². The van der Waals surface area contributed by atoms with E-state index in [1.54, 1.807) is 43.5 Å². The Morgan fingerprint density at radius 3 is 2.53 bits per heavy atom. The molecule has 34 heavy (non-hydrogen) atoms. The van der Waals surface area contributed by atoms with E-state index in [9.17, 15) is 15.3 Å². The Morgan fingerprint density at radius 1 is 1.12 bits per heavy atom. The summed E-state index contributed by atoms with van der Waals surface area (Å²) in [6.07, 6.45) is 0.